The molecule has 3 rings (SSSR count). The molecule has 1 saturated carbocycles. The van der Waals surface area contributed by atoms with Crippen LogP contribution in [0.25, 0.3) is 0 Å². The number of rotatable bonds is 5. The predicted molar refractivity (Wildman–Crippen MR) is 104 cm³/mol. The van der Waals surface area contributed by atoms with Crippen LogP contribution in [0.5, 0.6) is 0 Å². The van der Waals surface area contributed by atoms with Gasteiger partial charge in [-0.3, -0.25) is 4.79 Å². The van der Waals surface area contributed by atoms with Crippen molar-refractivity contribution in [2.45, 2.75) is 33.1 Å². The van der Waals surface area contributed by atoms with E-state index in [-0.39, 0.29) is 11.9 Å². The first-order valence-electron chi connectivity index (χ1n) is 9.74. The van der Waals surface area contributed by atoms with Crippen LogP contribution in [0.2, 0.25) is 0 Å². The SMILES string of the molecule is CCN1CCCN(C(=O)Nc2cc(C(=O)NCC3CC3)ccc2C)CC1. The number of aryl methyl sites for hydroxylation is 1. The van der Waals surface area contributed by atoms with Crippen molar-refractivity contribution in [3.63, 3.8) is 0 Å². The molecule has 0 radical (unpaired) electrons. The minimum absolute atomic E-state index is 0.0687. The van der Waals surface area contributed by atoms with Crippen molar-refractivity contribution in [1.82, 2.24) is 15.1 Å². The fourth-order valence-electron chi connectivity index (χ4n) is 3.24. The number of urea groups is 1. The normalized spacial score (nSPS) is 18.3. The van der Waals surface area contributed by atoms with Crippen LogP contribution >= 0.6 is 0 Å². The summed E-state index contributed by atoms with van der Waals surface area (Å²) in [4.78, 5) is 29.2. The van der Waals surface area contributed by atoms with Crippen LogP contribution < -0.4 is 10.6 Å². The Balaban J connectivity index is 1.61. The van der Waals surface area contributed by atoms with Gasteiger partial charge in [-0.15, -0.1) is 0 Å². The van der Waals surface area contributed by atoms with Gasteiger partial charge in [0.2, 0.25) is 0 Å². The Bertz CT molecular complexity index is 657. The zero-order chi connectivity index (χ0) is 18.5. The topological polar surface area (TPSA) is 64.7 Å². The summed E-state index contributed by atoms with van der Waals surface area (Å²) in [5, 5.41) is 5.98. The largest absolute Gasteiger partial charge is 0.352 e. The van der Waals surface area contributed by atoms with Crippen molar-refractivity contribution in [2.24, 2.45) is 5.92 Å². The van der Waals surface area contributed by atoms with Crippen molar-refractivity contribution in [3.8, 4) is 0 Å². The molecule has 1 aromatic rings. The van der Waals surface area contributed by atoms with E-state index in [4.69, 9.17) is 0 Å². The highest BCUT2D eigenvalue weighted by Crippen LogP contribution is 2.27. The molecule has 26 heavy (non-hydrogen) atoms. The van der Waals surface area contributed by atoms with E-state index in [1.807, 2.05) is 24.0 Å². The molecule has 1 aliphatic heterocycles. The molecule has 1 aromatic carbocycles. The molecule has 0 aromatic heterocycles. The Morgan fingerprint density at radius 3 is 2.69 bits per heavy atom. The smallest absolute Gasteiger partial charge is 0.321 e. The molecule has 1 saturated heterocycles. The van der Waals surface area contributed by atoms with Crippen LogP contribution in [0.15, 0.2) is 18.2 Å². The highest BCUT2D eigenvalue weighted by Gasteiger charge is 2.22. The standard InChI is InChI=1S/C20H30N4O2/c1-3-23-9-4-10-24(12-11-23)20(26)22-18-13-17(8-5-15(18)2)19(25)21-14-16-6-7-16/h5,8,13,16H,3-4,6-7,9-12,14H2,1-2H3,(H,21,25)(H,22,26). The maximum Gasteiger partial charge on any atom is 0.321 e. The summed E-state index contributed by atoms with van der Waals surface area (Å²) in [7, 11) is 0. The summed E-state index contributed by atoms with van der Waals surface area (Å²) in [5.41, 5.74) is 2.27. The second-order valence-electron chi connectivity index (χ2n) is 7.39. The Hall–Kier alpha value is -2.08. The van der Waals surface area contributed by atoms with E-state index in [0.29, 0.717) is 17.2 Å². The molecule has 1 heterocycles. The fourth-order valence-corrected chi connectivity index (χ4v) is 3.24. The number of anilines is 1. The van der Waals surface area contributed by atoms with Crippen LogP contribution in [0, 0.1) is 12.8 Å². The van der Waals surface area contributed by atoms with Gasteiger partial charge in [0.15, 0.2) is 0 Å². The average Bonchev–Trinajstić information content (AvgIpc) is 3.47. The van der Waals surface area contributed by atoms with Gasteiger partial charge in [0.1, 0.15) is 0 Å². The van der Waals surface area contributed by atoms with Crippen LogP contribution in [-0.2, 0) is 0 Å². The lowest BCUT2D eigenvalue weighted by molar-refractivity contribution is 0.0951. The van der Waals surface area contributed by atoms with E-state index in [0.717, 1.165) is 51.3 Å². The number of benzene rings is 1. The minimum Gasteiger partial charge on any atom is -0.352 e. The summed E-state index contributed by atoms with van der Waals surface area (Å²) in [6.07, 6.45) is 3.41. The third kappa shape index (κ3) is 4.97. The van der Waals surface area contributed by atoms with Crippen molar-refractivity contribution in [2.75, 3.05) is 44.6 Å². The third-order valence-corrected chi connectivity index (χ3v) is 5.31. The Morgan fingerprint density at radius 2 is 1.96 bits per heavy atom. The Morgan fingerprint density at radius 1 is 1.15 bits per heavy atom. The number of carbonyl (C=O) groups excluding carboxylic acids is 2. The maximum absolute atomic E-state index is 12.7. The lowest BCUT2D eigenvalue weighted by atomic mass is 10.1. The summed E-state index contributed by atoms with van der Waals surface area (Å²) in [6.45, 7) is 9.32. The predicted octanol–water partition coefficient (Wildman–Crippen LogP) is 2.69. The first-order valence-corrected chi connectivity index (χ1v) is 9.74. The summed E-state index contributed by atoms with van der Waals surface area (Å²) < 4.78 is 0. The Kier molecular flexibility index (Phi) is 6.14. The summed E-state index contributed by atoms with van der Waals surface area (Å²) in [6, 6.07) is 5.41. The minimum atomic E-state index is -0.0819. The van der Waals surface area contributed by atoms with Crippen molar-refractivity contribution >= 4 is 17.6 Å². The molecule has 1 aliphatic carbocycles. The number of hydrogen-bond donors (Lipinski definition) is 2. The summed E-state index contributed by atoms with van der Waals surface area (Å²) in [5.74, 6) is 0.579. The number of amides is 3. The van der Waals surface area contributed by atoms with Crippen LogP contribution in [0.3, 0.4) is 0 Å². The van der Waals surface area contributed by atoms with Crippen LogP contribution in [0.1, 0.15) is 42.1 Å². The lowest BCUT2D eigenvalue weighted by Gasteiger charge is -2.22. The maximum atomic E-state index is 12.7. The van der Waals surface area contributed by atoms with Crippen LogP contribution in [0.4, 0.5) is 10.5 Å². The first kappa shape index (κ1) is 18.7. The number of nitrogens with one attached hydrogen (secondary N) is 2. The van der Waals surface area contributed by atoms with E-state index in [1.54, 1.807) is 6.07 Å². The van der Waals surface area contributed by atoms with Gasteiger partial charge in [-0.1, -0.05) is 13.0 Å². The monoisotopic (exact) mass is 358 g/mol. The first-order chi connectivity index (χ1) is 12.6. The Labute approximate surface area is 155 Å². The van der Waals surface area contributed by atoms with E-state index in [9.17, 15) is 9.59 Å². The van der Waals surface area contributed by atoms with Gasteiger partial charge in [-0.2, -0.15) is 0 Å². The second kappa shape index (κ2) is 8.54. The molecule has 0 unspecified atom stereocenters. The number of nitrogens with zero attached hydrogens (tertiary/aromatic N) is 2. The molecule has 2 N–H and O–H groups in total. The zero-order valence-electron chi connectivity index (χ0n) is 15.9. The van der Waals surface area contributed by atoms with Crippen molar-refractivity contribution < 1.29 is 9.59 Å². The molecule has 142 valence electrons. The molecule has 6 heteroatoms. The molecule has 0 spiro atoms. The quantitative estimate of drug-likeness (QED) is 0.851. The van der Waals surface area contributed by atoms with E-state index in [2.05, 4.69) is 22.5 Å². The molecular formula is C20H30N4O2. The highest BCUT2D eigenvalue weighted by molar-refractivity contribution is 5.97. The number of hydrogen-bond acceptors (Lipinski definition) is 3. The van der Waals surface area contributed by atoms with Gasteiger partial charge in [-0.05, 0) is 62.9 Å². The molecule has 6 nitrogen and oxygen atoms in total. The van der Waals surface area contributed by atoms with E-state index >= 15 is 0 Å². The molecule has 2 fully saturated rings. The van der Waals surface area contributed by atoms with Gasteiger partial charge in [0.25, 0.3) is 5.91 Å². The molecule has 2 aliphatic rings. The van der Waals surface area contributed by atoms with Crippen molar-refractivity contribution in [1.29, 1.82) is 0 Å². The molecular weight excluding hydrogens is 328 g/mol. The lowest BCUT2D eigenvalue weighted by Crippen LogP contribution is -2.38. The second-order valence-corrected chi connectivity index (χ2v) is 7.39. The van der Waals surface area contributed by atoms with E-state index < -0.39 is 0 Å². The summed E-state index contributed by atoms with van der Waals surface area (Å²) >= 11 is 0. The third-order valence-electron chi connectivity index (χ3n) is 5.31. The molecule has 0 atom stereocenters. The van der Waals surface area contributed by atoms with Gasteiger partial charge >= 0.3 is 6.03 Å². The highest BCUT2D eigenvalue weighted by atomic mass is 16.2. The van der Waals surface area contributed by atoms with Gasteiger partial charge in [-0.25, -0.2) is 4.79 Å². The van der Waals surface area contributed by atoms with Crippen molar-refractivity contribution in [3.05, 3.63) is 29.3 Å². The number of likely N-dealkylation sites (N-methyl/N-ethyl adjacent to an activating group) is 1. The average molecular weight is 358 g/mol. The van der Waals surface area contributed by atoms with Crippen LogP contribution in [-0.4, -0.2) is 61.0 Å². The molecule has 0 bridgehead atoms. The van der Waals surface area contributed by atoms with Gasteiger partial charge in [0, 0.05) is 37.4 Å². The number of carbonyl (C=O) groups is 2. The van der Waals surface area contributed by atoms with E-state index in [1.165, 1.54) is 12.8 Å². The fraction of sp³-hybridized carbons (Fsp3) is 0.600. The van der Waals surface area contributed by atoms with Gasteiger partial charge < -0.3 is 20.4 Å². The zero-order valence-corrected chi connectivity index (χ0v) is 15.9. The van der Waals surface area contributed by atoms with Gasteiger partial charge in [0.05, 0.1) is 0 Å². The molecule has 3 amide bonds.